The molecule has 0 bridgehead atoms. The third-order valence-electron chi connectivity index (χ3n) is 9.71. The lowest BCUT2D eigenvalue weighted by atomic mass is 10.0. The zero-order chi connectivity index (χ0) is 30.2. The van der Waals surface area contributed by atoms with E-state index in [0.717, 1.165) is 0 Å². The molecule has 10 aromatic rings. The van der Waals surface area contributed by atoms with Crippen LogP contribution in [0.4, 0.5) is 0 Å². The largest absolute Gasteiger partial charge is 0.309 e. The van der Waals surface area contributed by atoms with Crippen LogP contribution >= 0.6 is 0 Å². The first kappa shape index (κ1) is 25.2. The van der Waals surface area contributed by atoms with Gasteiger partial charge in [0.15, 0.2) is 0 Å². The Kier molecular flexibility index (Phi) is 5.31. The van der Waals surface area contributed by atoms with Crippen LogP contribution in [0.15, 0.2) is 170 Å². The molecule has 0 amide bonds. The van der Waals surface area contributed by atoms with Gasteiger partial charge in [0.2, 0.25) is 0 Å². The molecule has 214 valence electrons. The van der Waals surface area contributed by atoms with Gasteiger partial charge in [0.1, 0.15) is 0 Å². The Labute approximate surface area is 266 Å². The zero-order valence-corrected chi connectivity index (χ0v) is 25.1. The van der Waals surface area contributed by atoms with E-state index < -0.39 is 0 Å². The van der Waals surface area contributed by atoms with Crippen molar-refractivity contribution < 1.29 is 0 Å². The van der Waals surface area contributed by atoms with Gasteiger partial charge in [-0.25, -0.2) is 0 Å². The monoisotopic (exact) mass is 584 g/mol. The summed E-state index contributed by atoms with van der Waals surface area (Å²) in [6.45, 7) is 0. The minimum Gasteiger partial charge on any atom is -0.309 e. The van der Waals surface area contributed by atoms with E-state index in [9.17, 15) is 0 Å². The highest BCUT2D eigenvalue weighted by Gasteiger charge is 2.16. The second-order valence-corrected chi connectivity index (χ2v) is 12.2. The van der Waals surface area contributed by atoms with Crippen LogP contribution in [-0.4, -0.2) is 9.13 Å². The van der Waals surface area contributed by atoms with Crippen LogP contribution in [0.5, 0.6) is 0 Å². The summed E-state index contributed by atoms with van der Waals surface area (Å²) in [5.74, 6) is 0. The summed E-state index contributed by atoms with van der Waals surface area (Å²) in [6.07, 6.45) is 0. The van der Waals surface area contributed by atoms with Crippen molar-refractivity contribution in [3.63, 3.8) is 0 Å². The van der Waals surface area contributed by atoms with Crippen LogP contribution in [0.2, 0.25) is 0 Å². The molecule has 0 N–H and O–H groups in total. The summed E-state index contributed by atoms with van der Waals surface area (Å²) in [5, 5.41) is 10.3. The van der Waals surface area contributed by atoms with Gasteiger partial charge in [0, 0.05) is 32.9 Å². The predicted molar refractivity (Wildman–Crippen MR) is 196 cm³/mol. The number of nitrogens with zero attached hydrogens (tertiary/aromatic N) is 2. The zero-order valence-electron chi connectivity index (χ0n) is 25.1. The first-order chi connectivity index (χ1) is 22.8. The molecule has 46 heavy (non-hydrogen) atoms. The molecule has 2 heterocycles. The van der Waals surface area contributed by atoms with Gasteiger partial charge < -0.3 is 9.13 Å². The van der Waals surface area contributed by atoms with Gasteiger partial charge in [0.05, 0.1) is 22.1 Å². The van der Waals surface area contributed by atoms with Crippen molar-refractivity contribution in [3.05, 3.63) is 170 Å². The Balaban J connectivity index is 1.07. The highest BCUT2D eigenvalue weighted by Crippen LogP contribution is 2.39. The number of rotatable bonds is 3. The van der Waals surface area contributed by atoms with E-state index >= 15 is 0 Å². The normalized spacial score (nSPS) is 11.9. The van der Waals surface area contributed by atoms with Crippen LogP contribution in [-0.2, 0) is 0 Å². The average molecular weight is 585 g/mol. The van der Waals surface area contributed by atoms with Gasteiger partial charge in [-0.1, -0.05) is 121 Å². The van der Waals surface area contributed by atoms with E-state index in [0.29, 0.717) is 0 Å². The van der Waals surface area contributed by atoms with E-state index in [1.165, 1.54) is 87.7 Å². The fraction of sp³-hybridized carbons (Fsp3) is 0. The second kappa shape index (κ2) is 9.69. The van der Waals surface area contributed by atoms with Crippen molar-refractivity contribution in [2.45, 2.75) is 0 Å². The molecule has 0 aliphatic carbocycles. The second-order valence-electron chi connectivity index (χ2n) is 12.2. The van der Waals surface area contributed by atoms with Crippen molar-refractivity contribution in [1.29, 1.82) is 0 Å². The summed E-state index contributed by atoms with van der Waals surface area (Å²) in [5.41, 5.74) is 9.66. The Bertz CT molecular complexity index is 2580. The maximum atomic E-state index is 2.40. The van der Waals surface area contributed by atoms with Gasteiger partial charge in [-0.3, -0.25) is 0 Å². The van der Waals surface area contributed by atoms with Gasteiger partial charge >= 0.3 is 0 Å². The number of hydrogen-bond donors (Lipinski definition) is 0. The number of benzene rings is 8. The first-order valence-electron chi connectivity index (χ1n) is 15.9. The van der Waals surface area contributed by atoms with E-state index in [-0.39, 0.29) is 0 Å². The number of fused-ring (bicyclic) bond motifs is 10. The average Bonchev–Trinajstić information content (AvgIpc) is 3.65. The summed E-state index contributed by atoms with van der Waals surface area (Å²) in [4.78, 5) is 0. The van der Waals surface area contributed by atoms with Crippen molar-refractivity contribution in [2.24, 2.45) is 0 Å². The van der Waals surface area contributed by atoms with E-state index in [1.807, 2.05) is 0 Å². The molecular formula is C44H28N2. The van der Waals surface area contributed by atoms with Crippen molar-refractivity contribution >= 4 is 65.2 Å². The van der Waals surface area contributed by atoms with Crippen LogP contribution in [0.25, 0.3) is 87.7 Å². The van der Waals surface area contributed by atoms with Crippen LogP contribution in [0, 0.1) is 0 Å². The molecule has 0 saturated heterocycles. The third kappa shape index (κ3) is 3.59. The standard InChI is InChI=1S/C44H28N2/c1-3-11-35-31(9-1)21-27-41-43(35)37-13-5-7-15-39(37)45(41)33-23-17-29(18-24-33)30-19-25-34(26-20-30)46-40-16-8-6-14-38(40)44-36-12-4-2-10-32(36)22-28-42(44)46/h1-28H. The van der Waals surface area contributed by atoms with Crippen LogP contribution in [0.1, 0.15) is 0 Å². The van der Waals surface area contributed by atoms with Gasteiger partial charge in [-0.05, 0) is 81.2 Å². The van der Waals surface area contributed by atoms with Crippen molar-refractivity contribution in [1.82, 2.24) is 9.13 Å². The highest BCUT2D eigenvalue weighted by atomic mass is 15.0. The molecule has 0 saturated carbocycles. The third-order valence-corrected chi connectivity index (χ3v) is 9.71. The predicted octanol–water partition coefficient (Wildman–Crippen LogP) is 11.9. The fourth-order valence-electron chi connectivity index (χ4n) is 7.64. The molecule has 10 rings (SSSR count). The number of para-hydroxylation sites is 2. The van der Waals surface area contributed by atoms with E-state index in [2.05, 4.69) is 179 Å². The molecule has 8 aromatic carbocycles. The smallest absolute Gasteiger partial charge is 0.0547 e. The van der Waals surface area contributed by atoms with E-state index in [4.69, 9.17) is 0 Å². The highest BCUT2D eigenvalue weighted by molar-refractivity contribution is 6.22. The Morgan fingerprint density at radius 2 is 0.630 bits per heavy atom. The van der Waals surface area contributed by atoms with Gasteiger partial charge in [-0.2, -0.15) is 0 Å². The number of hydrogen-bond acceptors (Lipinski definition) is 0. The molecule has 2 heteroatoms. The topological polar surface area (TPSA) is 9.86 Å². The number of aromatic nitrogens is 2. The van der Waals surface area contributed by atoms with E-state index in [1.54, 1.807) is 0 Å². The Morgan fingerprint density at radius 1 is 0.261 bits per heavy atom. The summed E-state index contributed by atoms with van der Waals surface area (Å²) >= 11 is 0. The van der Waals surface area contributed by atoms with Crippen molar-refractivity contribution in [3.8, 4) is 22.5 Å². The van der Waals surface area contributed by atoms with Gasteiger partial charge in [-0.15, -0.1) is 0 Å². The minimum atomic E-state index is 1.17. The molecule has 0 atom stereocenters. The Morgan fingerprint density at radius 3 is 1.07 bits per heavy atom. The lowest BCUT2D eigenvalue weighted by molar-refractivity contribution is 1.18. The summed E-state index contributed by atoms with van der Waals surface area (Å²) in [6, 6.07) is 61.9. The summed E-state index contributed by atoms with van der Waals surface area (Å²) in [7, 11) is 0. The summed E-state index contributed by atoms with van der Waals surface area (Å²) < 4.78 is 4.80. The minimum absolute atomic E-state index is 1.17. The molecular weight excluding hydrogens is 556 g/mol. The quantitative estimate of drug-likeness (QED) is 0.195. The molecule has 0 aliphatic rings. The van der Waals surface area contributed by atoms with Crippen LogP contribution < -0.4 is 0 Å². The molecule has 0 radical (unpaired) electrons. The SMILES string of the molecule is c1ccc2c(c1)ccc1c2c2ccccc2n1-c1ccc(-c2ccc(-n3c4ccccc4c4c5ccccc5ccc43)cc2)cc1. The fourth-order valence-corrected chi connectivity index (χ4v) is 7.64. The van der Waals surface area contributed by atoms with Crippen molar-refractivity contribution in [2.75, 3.05) is 0 Å². The lowest BCUT2D eigenvalue weighted by Gasteiger charge is -2.11. The molecule has 0 fully saturated rings. The maximum absolute atomic E-state index is 2.40. The molecule has 0 aliphatic heterocycles. The molecule has 2 nitrogen and oxygen atoms in total. The maximum Gasteiger partial charge on any atom is 0.0547 e. The van der Waals surface area contributed by atoms with Crippen LogP contribution in [0.3, 0.4) is 0 Å². The molecule has 0 unspecified atom stereocenters. The molecule has 0 spiro atoms. The Hall–Kier alpha value is -6.12. The first-order valence-corrected chi connectivity index (χ1v) is 15.9. The lowest BCUT2D eigenvalue weighted by Crippen LogP contribution is -1.94. The van der Waals surface area contributed by atoms with Gasteiger partial charge in [0.25, 0.3) is 0 Å². The molecule has 2 aromatic heterocycles.